The molecule has 1 amide bonds. The van der Waals surface area contributed by atoms with Crippen LogP contribution in [0.4, 0.5) is 11.6 Å². The third-order valence-corrected chi connectivity index (χ3v) is 19.8. The van der Waals surface area contributed by atoms with Gasteiger partial charge in [0.25, 0.3) is 5.56 Å². The Morgan fingerprint density at radius 2 is 1.16 bits per heavy atom. The fraction of sp³-hybridized carbons (Fsp3) is 0.374. The van der Waals surface area contributed by atoms with E-state index in [0.717, 1.165) is 93.3 Å². The van der Waals surface area contributed by atoms with Crippen LogP contribution in [0.2, 0.25) is 0 Å². The number of aromatic nitrogens is 5. The molecule has 33 nitrogen and oxygen atoms in total. The molecule has 7 aliphatic rings. The van der Waals surface area contributed by atoms with Crippen LogP contribution in [0.15, 0.2) is 201 Å². The number of ether oxygens (including phenoxy) is 7. The summed E-state index contributed by atoms with van der Waals surface area (Å²) in [6.45, 7) is 35.9. The van der Waals surface area contributed by atoms with Gasteiger partial charge in [-0.3, -0.25) is 24.6 Å². The number of nitrogens with zero attached hydrogens (tertiary/aromatic N) is 9. The zero-order chi connectivity index (χ0) is 91.9. The number of anilines is 2. The number of benzene rings is 5. The van der Waals surface area contributed by atoms with Crippen LogP contribution in [0.1, 0.15) is 115 Å². The Hall–Kier alpha value is -12.3. The van der Waals surface area contributed by atoms with Crippen LogP contribution in [0.25, 0.3) is 48.3 Å². The topological polar surface area (TPSA) is 449 Å². The molecule has 0 radical (unpaired) electrons. The van der Waals surface area contributed by atoms with Crippen LogP contribution < -0.4 is 38.3 Å². The summed E-state index contributed by atoms with van der Waals surface area (Å²) in [5.74, 6) is 0.378. The molecule has 38 heteroatoms. The molecule has 129 heavy (non-hydrogen) atoms. The number of rotatable bonds is 18. The number of aryl methyl sites for hydroxylation is 1. The third-order valence-electron chi connectivity index (χ3n) is 19.1. The minimum absolute atomic E-state index is 0. The van der Waals surface area contributed by atoms with Gasteiger partial charge in [0.2, 0.25) is 5.91 Å². The molecule has 3 aromatic heterocycles. The van der Waals surface area contributed by atoms with Crippen molar-refractivity contribution in [2.75, 3.05) is 70.7 Å². The van der Waals surface area contributed by atoms with Crippen molar-refractivity contribution in [1.82, 2.24) is 40.9 Å². The largest absolute Gasteiger partial charge is 0.463 e. The van der Waals surface area contributed by atoms with E-state index in [1.807, 2.05) is 179 Å². The zero-order valence-electron chi connectivity index (χ0n) is 73.0. The molecule has 3 fully saturated rings. The molecule has 8 aromatic rings. The number of fused-ring (bicyclic) bond motifs is 3. The average Bonchev–Trinajstić information content (AvgIpc) is 1.78. The number of methoxy groups -OCH3 is 2. The quantitative estimate of drug-likeness (QED) is 0.00952. The van der Waals surface area contributed by atoms with Crippen molar-refractivity contribution in [3.63, 3.8) is 0 Å². The first-order chi connectivity index (χ1) is 60.3. The van der Waals surface area contributed by atoms with Gasteiger partial charge in [-0.15, -0.1) is 48.8 Å². The number of alkyl halides is 1. The lowest BCUT2D eigenvalue weighted by atomic mass is 9.93. The number of halogens is 5. The lowest BCUT2D eigenvalue weighted by Crippen LogP contribution is -2.47. The fourth-order valence-electron chi connectivity index (χ4n) is 12.9. The number of nitrogen functional groups attached to an aromatic ring is 2. The molecule has 6 unspecified atom stereocenters. The van der Waals surface area contributed by atoms with Crippen molar-refractivity contribution < 1.29 is 67.0 Å². The number of aliphatic hydroxyl groups excluding tert-OH is 1. The molecule has 1 aliphatic carbocycles. The number of nitrogens with one attached hydrogen (secondary N) is 7. The molecular formula is C91H109Cl5N18O15. The number of aliphatic imine (C=N–C) groups is 3. The number of H-pyrrole nitrogens is 2. The van der Waals surface area contributed by atoms with Crippen molar-refractivity contribution in [2.24, 2.45) is 32.5 Å². The summed E-state index contributed by atoms with van der Waals surface area (Å²) in [4.78, 5) is 119. The van der Waals surface area contributed by atoms with Gasteiger partial charge in [0, 0.05) is 57.4 Å². The number of esters is 3. The summed E-state index contributed by atoms with van der Waals surface area (Å²) in [5.41, 5.74) is 19.9. The predicted molar refractivity (Wildman–Crippen MR) is 504 cm³/mol. The van der Waals surface area contributed by atoms with Crippen molar-refractivity contribution in [3.05, 3.63) is 254 Å². The number of amides is 1. The molecule has 9 heterocycles. The van der Waals surface area contributed by atoms with Crippen LogP contribution in [0, 0.1) is 43.9 Å². The van der Waals surface area contributed by atoms with E-state index in [-0.39, 0.29) is 134 Å². The van der Waals surface area contributed by atoms with Crippen molar-refractivity contribution >= 4 is 141 Å². The molecular weight excluding hydrogens is 1760 g/mol. The van der Waals surface area contributed by atoms with Gasteiger partial charge < -0.3 is 95.5 Å². The Bertz CT molecular complexity index is 5330. The van der Waals surface area contributed by atoms with E-state index in [1.54, 1.807) is 20.8 Å². The second-order valence-corrected chi connectivity index (χ2v) is 30.0. The number of Topliss-reactive ketones (excluding diaryl/α,β-unsaturated/α-hetero) is 2. The Morgan fingerprint density at radius 3 is 1.64 bits per heavy atom. The maximum atomic E-state index is 12.3. The van der Waals surface area contributed by atoms with Crippen LogP contribution in [0.5, 0.6) is 0 Å². The highest BCUT2D eigenvalue weighted by atomic mass is 35.5. The molecule has 2 saturated heterocycles. The summed E-state index contributed by atoms with van der Waals surface area (Å²) < 4.78 is 34.8. The SMILES string of the molecule is CC(=O)CCl.CC1(Cc2c(N)nc(-c3ccccc3)[nH]c2=O)OCCO1.CC1=CC2C(=O)NC(c3ccccc3)=NC2N1.CC1=CC2C(Cl)=NC(c3ccccc3)=NC2N1.Cc1cc2c(NC3CCC(O)CC3)nc(-c3ccccc3)nc2[nH]1.Cl.Cl.Cl.N=C(N)c1ccccc1.[C-]#[N+]C(CC(C)=O)C(=O)OC.[C-]#[N+]C(CC1(C)OCCO1)C(=O)OC.[C-]#[N+]CC(=O)OCC. The van der Waals surface area contributed by atoms with E-state index in [2.05, 4.69) is 97.1 Å². The van der Waals surface area contributed by atoms with E-state index in [9.17, 15) is 38.7 Å². The number of carbonyl (C=O) groups is 6. The Morgan fingerprint density at radius 1 is 0.667 bits per heavy atom. The smallest absolute Gasteiger partial charge is 0.390 e. The zero-order valence-corrected chi connectivity index (χ0v) is 77.0. The number of hydrogen-bond acceptors (Lipinski definition) is 26. The predicted octanol–water partition coefficient (Wildman–Crippen LogP) is 13.1. The van der Waals surface area contributed by atoms with Crippen molar-refractivity contribution in [1.29, 1.82) is 5.41 Å². The van der Waals surface area contributed by atoms with Crippen LogP contribution in [-0.4, -0.2) is 196 Å². The van der Waals surface area contributed by atoms with E-state index < -0.39 is 41.6 Å². The fourth-order valence-corrected chi connectivity index (χ4v) is 13.1. The normalized spacial score (nSPS) is 18.3. The minimum Gasteiger partial charge on any atom is -0.463 e. The van der Waals surface area contributed by atoms with Crippen molar-refractivity contribution in [3.8, 4) is 22.8 Å². The number of nitrogens with two attached hydrogens (primary N) is 2. The molecule has 0 spiro atoms. The number of amidine groups is 3. The van der Waals surface area contributed by atoms with E-state index in [0.29, 0.717) is 67.3 Å². The molecule has 0 bridgehead atoms. The first kappa shape index (κ1) is 109. The summed E-state index contributed by atoms with van der Waals surface area (Å²) in [5, 5.41) is 31.3. The first-order valence-electron chi connectivity index (χ1n) is 40.3. The highest BCUT2D eigenvalue weighted by molar-refractivity contribution is 6.67. The molecule has 1 saturated carbocycles. The van der Waals surface area contributed by atoms with Gasteiger partial charge in [-0.1, -0.05) is 169 Å². The van der Waals surface area contributed by atoms with E-state index in [4.69, 9.17) is 83.7 Å². The second-order valence-electron chi connectivity index (χ2n) is 29.3. The molecule has 6 atom stereocenters. The highest BCUT2D eigenvalue weighted by Gasteiger charge is 2.41. The number of carbonyl (C=O) groups excluding carboxylic acids is 6. The standard InChI is InChI=1S/C19H22N4O.C15H17N3O3.C13H12ClN3.C13H13N3O.C9H13NO4.C7H8N2.C7H9NO3.C5H7NO2.C3H5ClO.3ClH/c1-12-11-16-18(20-12)22-17(13-5-3-2-4-6-13)23-19(16)21-14-7-9-15(24)10-8-14;1-15(20-7-8-21-15)9-11-12(16)17-13(18-14(11)19)10-5-3-2-4-6-10;1-8-7-10-11(14)16-12(17-13(10)15-8)9-5-3-2-4-6-9;1-8-7-10-12(14-8)15-11(16-13(10)17)9-5-3-2-4-6-9;1-9(13-4-5-14-9)6-7(10-2)8(11)12-3;8-7(9)6-4-2-1-3-5-6;1-5(9)4-6(8-2)7(10)11-3;1-3-8-5(7)4-6-2;1-3(5)2-4;;;/h2-6,11,14-15,24H,7-10H2,1H3,(H2,20,21,22,23);2-6H,7-9H2,1H3,(H3,16,17,18,19);2-7,10,13,15H,1H3;2-7,10,12,14H,1H3,(H,15,16,17);7H,4-6H2,1,3H3;1-5H,(H3,8,9);6H,4H2,1,3H3;3-4H2,1H3;2H2,1H3;3*1H. The van der Waals surface area contributed by atoms with Crippen LogP contribution in [0.3, 0.4) is 0 Å². The minimum atomic E-state index is -0.961. The summed E-state index contributed by atoms with van der Waals surface area (Å²) in [7, 11) is 2.46. The van der Waals surface area contributed by atoms with Gasteiger partial charge in [0.05, 0.1) is 94.9 Å². The van der Waals surface area contributed by atoms with Crippen molar-refractivity contribution in [2.45, 2.75) is 148 Å². The maximum absolute atomic E-state index is 12.3. The molecule has 688 valence electrons. The molecule has 6 aliphatic heterocycles. The molecule has 5 aromatic carbocycles. The number of aliphatic hydroxyl groups is 1. The van der Waals surface area contributed by atoms with Gasteiger partial charge in [0.1, 0.15) is 63.8 Å². The third kappa shape index (κ3) is 35.3. The molecule has 12 N–H and O–H groups in total. The van der Waals surface area contributed by atoms with Crippen LogP contribution in [-0.2, 0) is 68.3 Å². The Labute approximate surface area is 778 Å². The summed E-state index contributed by atoms with van der Waals surface area (Å²) in [6.07, 6.45) is 7.75. The number of allylic oxidation sites excluding steroid dienone is 2. The monoisotopic (exact) mass is 1870 g/mol. The summed E-state index contributed by atoms with van der Waals surface area (Å²) >= 11 is 11.2. The number of hydrogen-bond donors (Lipinski definition) is 10. The van der Waals surface area contributed by atoms with Gasteiger partial charge in [-0.2, -0.15) is 0 Å². The maximum Gasteiger partial charge on any atom is 0.390 e. The van der Waals surface area contributed by atoms with E-state index in [1.165, 1.54) is 28.1 Å². The lowest BCUT2D eigenvalue weighted by Gasteiger charge is -2.26. The Balaban J connectivity index is 0.000000312. The number of aromatic amines is 2. The van der Waals surface area contributed by atoms with E-state index >= 15 is 0 Å². The lowest BCUT2D eigenvalue weighted by molar-refractivity contribution is -0.160. The van der Waals surface area contributed by atoms with Gasteiger partial charge >= 0.3 is 36.5 Å². The summed E-state index contributed by atoms with van der Waals surface area (Å²) in [6, 6.07) is 48.9. The van der Waals surface area contributed by atoms with Crippen LogP contribution >= 0.6 is 60.4 Å². The van der Waals surface area contributed by atoms with Gasteiger partial charge in [-0.05, 0) is 93.2 Å². The highest BCUT2D eigenvalue weighted by Crippen LogP contribution is 2.32. The first-order valence-corrected chi connectivity index (χ1v) is 41.2. The van der Waals surface area contributed by atoms with Gasteiger partial charge in [-0.25, -0.2) is 64.0 Å². The second kappa shape index (κ2) is 55.4. The molecule has 15 rings (SSSR count). The number of ketones is 2. The van der Waals surface area contributed by atoms with Gasteiger partial charge in [0.15, 0.2) is 23.2 Å². The Kier molecular flexibility index (Phi) is 46.9. The average molecular weight is 1870 g/mol.